The molecule has 9 heteroatoms. The van der Waals surface area contributed by atoms with E-state index in [0.717, 1.165) is 83.5 Å². The van der Waals surface area contributed by atoms with Crippen molar-refractivity contribution >= 4 is 13.8 Å². The Morgan fingerprint density at radius 3 is 1.35 bits per heavy atom. The smallest absolute Gasteiger partial charge is 0.457 e. The zero-order valence-electron chi connectivity index (χ0n) is 40.3. The van der Waals surface area contributed by atoms with Crippen LogP contribution < -0.4 is 5.73 Å². The fourth-order valence-corrected chi connectivity index (χ4v) is 7.97. The first-order valence-corrected chi connectivity index (χ1v) is 27.3. The van der Waals surface area contributed by atoms with E-state index in [-0.39, 0.29) is 32.3 Å². The number of phosphoric acid groups is 1. The van der Waals surface area contributed by atoms with Gasteiger partial charge in [-0.2, -0.15) is 0 Å². The van der Waals surface area contributed by atoms with Gasteiger partial charge in [0.25, 0.3) is 0 Å². The molecule has 0 aliphatic heterocycles. The molecule has 62 heavy (non-hydrogen) atoms. The first-order chi connectivity index (χ1) is 30.4. The maximum absolute atomic E-state index is 12.7. The van der Waals surface area contributed by atoms with E-state index >= 15 is 0 Å². The number of ether oxygens (including phenoxy) is 2. The third-order valence-electron chi connectivity index (χ3n) is 10.9. The maximum atomic E-state index is 12.7. The highest BCUT2D eigenvalue weighted by atomic mass is 31.2. The normalized spacial score (nSPS) is 13.8. The highest BCUT2D eigenvalue weighted by Crippen LogP contribution is 2.43. The summed E-state index contributed by atoms with van der Waals surface area (Å²) in [6.45, 7) is 4.78. The van der Waals surface area contributed by atoms with E-state index in [4.69, 9.17) is 24.3 Å². The minimum Gasteiger partial charge on any atom is -0.457 e. The molecule has 0 rings (SSSR count). The van der Waals surface area contributed by atoms with E-state index in [2.05, 4.69) is 74.6 Å². The largest absolute Gasteiger partial charge is 0.472 e. The molecule has 0 heterocycles. The third kappa shape index (κ3) is 49.2. The Balaban J connectivity index is 3.97. The molecule has 0 fully saturated rings. The van der Waals surface area contributed by atoms with E-state index in [0.29, 0.717) is 13.0 Å². The van der Waals surface area contributed by atoms with Crippen molar-refractivity contribution in [1.29, 1.82) is 0 Å². The summed E-state index contributed by atoms with van der Waals surface area (Å²) in [5, 5.41) is 0. The molecule has 0 saturated heterocycles. The number of carbonyl (C=O) groups is 1. The molecule has 8 nitrogen and oxygen atoms in total. The number of unbranched alkanes of at least 4 members (excludes halogenated alkanes) is 26. The van der Waals surface area contributed by atoms with Gasteiger partial charge in [-0.1, -0.05) is 229 Å². The van der Waals surface area contributed by atoms with Gasteiger partial charge in [0.05, 0.1) is 19.8 Å². The lowest BCUT2D eigenvalue weighted by Gasteiger charge is -2.20. The van der Waals surface area contributed by atoms with Crippen molar-refractivity contribution in [2.75, 3.05) is 33.0 Å². The molecule has 0 aromatic rings. The van der Waals surface area contributed by atoms with Crippen LogP contribution in [-0.4, -0.2) is 49.9 Å². The van der Waals surface area contributed by atoms with Gasteiger partial charge in [0.1, 0.15) is 6.10 Å². The number of esters is 1. The van der Waals surface area contributed by atoms with Crippen LogP contribution in [0.15, 0.2) is 60.8 Å². The number of nitrogens with two attached hydrogens (primary N) is 1. The SMILES string of the molecule is CC/C=C\C/C=C\C/C=C\C/C=C\C/C=C\CCCCCCOCC(COP(=O)(O)OCCN)OC(=O)CCCCCCCCCCCCCCCCCCCCCCCCC. The summed E-state index contributed by atoms with van der Waals surface area (Å²) in [6.07, 6.45) is 62.6. The van der Waals surface area contributed by atoms with Crippen LogP contribution >= 0.6 is 7.82 Å². The van der Waals surface area contributed by atoms with Crippen molar-refractivity contribution in [2.24, 2.45) is 5.73 Å². The zero-order chi connectivity index (χ0) is 45.1. The van der Waals surface area contributed by atoms with E-state index in [1.165, 1.54) is 128 Å². The van der Waals surface area contributed by atoms with Crippen molar-refractivity contribution in [2.45, 2.75) is 238 Å². The predicted octanol–water partition coefficient (Wildman–Crippen LogP) is 16.1. The van der Waals surface area contributed by atoms with Crippen LogP contribution in [0.1, 0.15) is 232 Å². The first kappa shape index (κ1) is 60.2. The summed E-state index contributed by atoms with van der Waals surface area (Å²) in [5.41, 5.74) is 5.39. The van der Waals surface area contributed by atoms with Crippen molar-refractivity contribution in [3.05, 3.63) is 60.8 Å². The van der Waals surface area contributed by atoms with Crippen LogP contribution in [0.5, 0.6) is 0 Å². The van der Waals surface area contributed by atoms with Crippen LogP contribution in [0.3, 0.4) is 0 Å². The van der Waals surface area contributed by atoms with E-state index in [9.17, 15) is 14.3 Å². The molecule has 0 radical (unpaired) electrons. The molecule has 0 aliphatic carbocycles. The van der Waals surface area contributed by atoms with Crippen LogP contribution in [0.4, 0.5) is 0 Å². The average molecular weight is 892 g/mol. The minimum absolute atomic E-state index is 0.0946. The van der Waals surface area contributed by atoms with Gasteiger partial charge in [0, 0.05) is 19.6 Å². The second kappa shape index (κ2) is 50.2. The van der Waals surface area contributed by atoms with Gasteiger partial charge in [-0.15, -0.1) is 0 Å². The molecular formula is C53H98NO7P. The second-order valence-corrected chi connectivity index (χ2v) is 18.5. The Bertz CT molecular complexity index is 1140. The molecule has 0 spiro atoms. The number of rotatable bonds is 49. The Morgan fingerprint density at radius 2 is 0.903 bits per heavy atom. The van der Waals surface area contributed by atoms with Gasteiger partial charge in [0.2, 0.25) is 0 Å². The minimum atomic E-state index is -4.29. The van der Waals surface area contributed by atoms with E-state index in [1.54, 1.807) is 0 Å². The van der Waals surface area contributed by atoms with Gasteiger partial charge < -0.3 is 20.1 Å². The van der Waals surface area contributed by atoms with E-state index < -0.39 is 13.9 Å². The van der Waals surface area contributed by atoms with Crippen molar-refractivity contribution < 1.29 is 32.8 Å². The van der Waals surface area contributed by atoms with Gasteiger partial charge in [-0.25, -0.2) is 4.57 Å². The van der Waals surface area contributed by atoms with Gasteiger partial charge in [-0.05, 0) is 57.8 Å². The summed E-state index contributed by atoms with van der Waals surface area (Å²) in [6, 6.07) is 0. The van der Waals surface area contributed by atoms with Crippen LogP contribution in [0.25, 0.3) is 0 Å². The topological polar surface area (TPSA) is 117 Å². The second-order valence-electron chi connectivity index (χ2n) is 17.0. The molecule has 2 unspecified atom stereocenters. The molecule has 3 N–H and O–H groups in total. The summed E-state index contributed by atoms with van der Waals surface area (Å²) < 4.78 is 33.6. The van der Waals surface area contributed by atoms with Crippen molar-refractivity contribution in [1.82, 2.24) is 0 Å². The highest BCUT2D eigenvalue weighted by molar-refractivity contribution is 7.47. The molecule has 2 atom stereocenters. The number of allylic oxidation sites excluding steroid dienone is 10. The molecular weight excluding hydrogens is 794 g/mol. The Labute approximate surface area is 383 Å². The van der Waals surface area contributed by atoms with Gasteiger partial charge >= 0.3 is 13.8 Å². The molecule has 362 valence electrons. The quantitative estimate of drug-likeness (QED) is 0.0268. The fourth-order valence-electron chi connectivity index (χ4n) is 7.20. The highest BCUT2D eigenvalue weighted by Gasteiger charge is 2.25. The third-order valence-corrected chi connectivity index (χ3v) is 11.9. The van der Waals surface area contributed by atoms with E-state index in [1.807, 2.05) is 0 Å². The molecule has 0 aromatic carbocycles. The van der Waals surface area contributed by atoms with Crippen LogP contribution in [0, 0.1) is 0 Å². The molecule has 0 bridgehead atoms. The standard InChI is InChI=1S/C53H98NO7P/c1-3-5-7-9-11-13-15-17-19-21-23-25-26-27-28-30-32-34-36-38-40-42-44-46-53(55)61-52(51-60-62(56,57)59-49-47-54)50-58-48-45-43-41-39-37-35-33-31-29-24-22-20-18-16-14-12-10-8-6-4-2/h6,8,12,14,18,20,24,29,33,35,52H,3-5,7,9-11,13,15-17,19,21-23,25-28,30-32,34,36-51,54H2,1-2H3,(H,56,57)/b8-6-,14-12-,20-18-,29-24-,35-33-. The summed E-state index contributed by atoms with van der Waals surface area (Å²) in [4.78, 5) is 22.6. The predicted molar refractivity (Wildman–Crippen MR) is 266 cm³/mol. The summed E-state index contributed by atoms with van der Waals surface area (Å²) >= 11 is 0. The van der Waals surface area contributed by atoms with Gasteiger partial charge in [0.15, 0.2) is 0 Å². The Kier molecular flexibility index (Phi) is 48.7. The molecule has 0 aromatic heterocycles. The molecule has 0 saturated carbocycles. The number of carbonyl (C=O) groups excluding carboxylic acids is 1. The van der Waals surface area contributed by atoms with Crippen LogP contribution in [0.2, 0.25) is 0 Å². The summed E-state index contributed by atoms with van der Waals surface area (Å²) in [5.74, 6) is -0.337. The lowest BCUT2D eigenvalue weighted by molar-refractivity contribution is -0.154. The zero-order valence-corrected chi connectivity index (χ0v) is 41.2. The summed E-state index contributed by atoms with van der Waals surface area (Å²) in [7, 11) is -4.29. The number of hydrogen-bond donors (Lipinski definition) is 2. The monoisotopic (exact) mass is 892 g/mol. The van der Waals surface area contributed by atoms with Crippen molar-refractivity contribution in [3.8, 4) is 0 Å². The number of hydrogen-bond acceptors (Lipinski definition) is 7. The van der Waals surface area contributed by atoms with Crippen LogP contribution in [-0.2, 0) is 27.9 Å². The lowest BCUT2D eigenvalue weighted by Crippen LogP contribution is -2.28. The van der Waals surface area contributed by atoms with Gasteiger partial charge in [-0.3, -0.25) is 13.8 Å². The Morgan fingerprint density at radius 1 is 0.500 bits per heavy atom. The lowest BCUT2D eigenvalue weighted by atomic mass is 10.0. The maximum Gasteiger partial charge on any atom is 0.472 e. The fraction of sp³-hybridized carbons (Fsp3) is 0.792. The molecule has 0 amide bonds. The molecule has 0 aliphatic rings. The Hall–Kier alpha value is -1.80. The average Bonchev–Trinajstić information content (AvgIpc) is 3.26. The first-order valence-electron chi connectivity index (χ1n) is 25.8. The van der Waals surface area contributed by atoms with Crippen molar-refractivity contribution in [3.63, 3.8) is 0 Å². The number of phosphoric ester groups is 1.